The highest BCUT2D eigenvalue weighted by Crippen LogP contribution is 2.28. The van der Waals surface area contributed by atoms with Crippen LogP contribution in [-0.2, 0) is 4.74 Å². The van der Waals surface area contributed by atoms with Gasteiger partial charge in [0.05, 0.1) is 19.4 Å². The van der Waals surface area contributed by atoms with E-state index in [1.165, 1.54) is 6.07 Å². The molecule has 0 radical (unpaired) electrons. The highest BCUT2D eigenvalue weighted by atomic mass is 19.4. The van der Waals surface area contributed by atoms with Gasteiger partial charge in [-0.25, -0.2) is 4.98 Å². The third kappa shape index (κ3) is 4.06. The molecule has 0 saturated carbocycles. The van der Waals surface area contributed by atoms with Gasteiger partial charge in [-0.3, -0.25) is 4.90 Å². The second kappa shape index (κ2) is 6.52. The summed E-state index contributed by atoms with van der Waals surface area (Å²) in [6, 6.07) is 3.31. The van der Waals surface area contributed by atoms with Crippen molar-refractivity contribution in [3.8, 4) is 5.75 Å². The predicted molar refractivity (Wildman–Crippen MR) is 78.5 cm³/mol. The molecule has 1 aromatic heterocycles. The summed E-state index contributed by atoms with van der Waals surface area (Å²) < 4.78 is 45.8. The zero-order chi connectivity index (χ0) is 16.4. The van der Waals surface area contributed by atoms with E-state index in [1.54, 1.807) is 6.07 Å². The zero-order valence-corrected chi connectivity index (χ0v) is 12.9. The van der Waals surface area contributed by atoms with Crippen LogP contribution in [0.3, 0.4) is 0 Å². The molecule has 3 rings (SSSR count). The fourth-order valence-corrected chi connectivity index (χ4v) is 3.27. The number of halogens is 3. The molecule has 23 heavy (non-hydrogen) atoms. The number of alkyl halides is 3. The van der Waals surface area contributed by atoms with Crippen LogP contribution in [0.5, 0.6) is 5.75 Å². The van der Waals surface area contributed by atoms with Crippen molar-refractivity contribution in [3.05, 3.63) is 18.3 Å². The van der Waals surface area contributed by atoms with Crippen molar-refractivity contribution in [2.45, 2.75) is 19.3 Å². The van der Waals surface area contributed by atoms with Crippen molar-refractivity contribution in [1.82, 2.24) is 9.88 Å². The highest BCUT2D eigenvalue weighted by Gasteiger charge is 2.35. The number of nitrogens with zero attached hydrogens (tertiary/aromatic N) is 3. The van der Waals surface area contributed by atoms with Gasteiger partial charge in [-0.15, -0.1) is 13.2 Å². The summed E-state index contributed by atoms with van der Waals surface area (Å²) >= 11 is 0. The number of anilines is 1. The van der Waals surface area contributed by atoms with Crippen LogP contribution < -0.4 is 9.64 Å². The Kier molecular flexibility index (Phi) is 4.63. The van der Waals surface area contributed by atoms with Gasteiger partial charge in [-0.1, -0.05) is 6.92 Å². The Labute approximate surface area is 133 Å². The number of rotatable bonds is 3. The topological polar surface area (TPSA) is 37.8 Å². The molecule has 0 aromatic carbocycles. The summed E-state index contributed by atoms with van der Waals surface area (Å²) in [6.45, 7) is 7.22. The lowest BCUT2D eigenvalue weighted by Gasteiger charge is -2.34. The number of hydrogen-bond donors (Lipinski definition) is 0. The molecule has 0 bridgehead atoms. The summed E-state index contributed by atoms with van der Waals surface area (Å²) in [6.07, 6.45) is -3.57. The SMILES string of the molecule is CC1CN(c2ccc(OC(F)(F)F)cn2)CC1N1CCOCC1. The maximum absolute atomic E-state index is 12.2. The first-order valence-electron chi connectivity index (χ1n) is 7.71. The molecular formula is C15H20F3N3O2. The van der Waals surface area contributed by atoms with Gasteiger partial charge in [-0.05, 0) is 18.1 Å². The predicted octanol–water partition coefficient (Wildman–Crippen LogP) is 2.14. The minimum absolute atomic E-state index is 0.293. The molecular weight excluding hydrogens is 311 g/mol. The van der Waals surface area contributed by atoms with Crippen LogP contribution in [0, 0.1) is 5.92 Å². The Morgan fingerprint density at radius 3 is 2.57 bits per heavy atom. The van der Waals surface area contributed by atoms with E-state index < -0.39 is 6.36 Å². The lowest BCUT2D eigenvalue weighted by Crippen LogP contribution is -2.46. The van der Waals surface area contributed by atoms with E-state index in [1.807, 2.05) is 0 Å². The minimum Gasteiger partial charge on any atom is -0.404 e. The molecule has 2 unspecified atom stereocenters. The molecule has 2 atom stereocenters. The van der Waals surface area contributed by atoms with Crippen LogP contribution in [-0.4, -0.2) is 61.7 Å². The Morgan fingerprint density at radius 2 is 1.96 bits per heavy atom. The molecule has 2 saturated heterocycles. The van der Waals surface area contributed by atoms with Crippen molar-refractivity contribution in [2.24, 2.45) is 5.92 Å². The van der Waals surface area contributed by atoms with Gasteiger partial charge in [0, 0.05) is 32.2 Å². The van der Waals surface area contributed by atoms with Gasteiger partial charge < -0.3 is 14.4 Å². The third-order valence-electron chi connectivity index (χ3n) is 4.37. The monoisotopic (exact) mass is 331 g/mol. The molecule has 3 heterocycles. The van der Waals surface area contributed by atoms with Crippen molar-refractivity contribution >= 4 is 5.82 Å². The van der Waals surface area contributed by atoms with Gasteiger partial charge >= 0.3 is 6.36 Å². The van der Waals surface area contributed by atoms with Crippen LogP contribution in [0.25, 0.3) is 0 Å². The Bertz CT molecular complexity index is 518. The van der Waals surface area contributed by atoms with Gasteiger partial charge in [0.1, 0.15) is 11.6 Å². The first-order valence-corrected chi connectivity index (χ1v) is 7.71. The van der Waals surface area contributed by atoms with E-state index in [4.69, 9.17) is 4.74 Å². The van der Waals surface area contributed by atoms with E-state index in [0.717, 1.165) is 45.6 Å². The van der Waals surface area contributed by atoms with Crippen LogP contribution in [0.1, 0.15) is 6.92 Å². The van der Waals surface area contributed by atoms with Crippen molar-refractivity contribution < 1.29 is 22.6 Å². The normalized spacial score (nSPS) is 26.5. The Morgan fingerprint density at radius 1 is 1.22 bits per heavy atom. The van der Waals surface area contributed by atoms with Gasteiger partial charge in [0.2, 0.25) is 0 Å². The maximum atomic E-state index is 12.2. The number of ether oxygens (including phenoxy) is 2. The lowest BCUT2D eigenvalue weighted by atomic mass is 10.0. The standard InChI is InChI=1S/C15H20F3N3O2/c1-11-9-21(10-13(11)20-4-6-22-7-5-20)14-3-2-12(8-19-14)23-15(16,17)18/h2-3,8,11,13H,4-7,9-10H2,1H3. The summed E-state index contributed by atoms with van der Waals surface area (Å²) in [5.74, 6) is 0.862. The van der Waals surface area contributed by atoms with Gasteiger partial charge in [0.15, 0.2) is 0 Å². The molecule has 2 aliphatic heterocycles. The molecule has 0 spiro atoms. The fourth-order valence-electron chi connectivity index (χ4n) is 3.27. The van der Waals surface area contributed by atoms with Crippen LogP contribution >= 0.6 is 0 Å². The summed E-state index contributed by atoms with van der Waals surface area (Å²) in [5, 5.41) is 0. The summed E-state index contributed by atoms with van der Waals surface area (Å²) in [7, 11) is 0. The third-order valence-corrected chi connectivity index (χ3v) is 4.37. The first-order chi connectivity index (χ1) is 10.9. The average Bonchev–Trinajstić information content (AvgIpc) is 2.89. The quantitative estimate of drug-likeness (QED) is 0.848. The maximum Gasteiger partial charge on any atom is 0.573 e. The molecule has 1 aromatic rings. The van der Waals surface area contributed by atoms with Crippen molar-refractivity contribution in [1.29, 1.82) is 0 Å². The summed E-state index contributed by atoms with van der Waals surface area (Å²) in [4.78, 5) is 8.66. The van der Waals surface area contributed by atoms with Gasteiger partial charge in [-0.2, -0.15) is 0 Å². The van der Waals surface area contributed by atoms with Crippen LogP contribution in [0.4, 0.5) is 19.0 Å². The van der Waals surface area contributed by atoms with E-state index >= 15 is 0 Å². The number of hydrogen-bond acceptors (Lipinski definition) is 5. The van der Waals surface area contributed by atoms with Crippen molar-refractivity contribution in [2.75, 3.05) is 44.3 Å². The molecule has 2 fully saturated rings. The molecule has 2 aliphatic rings. The largest absolute Gasteiger partial charge is 0.573 e. The average molecular weight is 331 g/mol. The van der Waals surface area contributed by atoms with E-state index in [-0.39, 0.29) is 5.75 Å². The number of aromatic nitrogens is 1. The van der Waals surface area contributed by atoms with E-state index in [0.29, 0.717) is 17.8 Å². The van der Waals surface area contributed by atoms with Crippen LogP contribution in [0.2, 0.25) is 0 Å². The second-order valence-corrected chi connectivity index (χ2v) is 6.00. The molecule has 0 N–H and O–H groups in total. The highest BCUT2D eigenvalue weighted by molar-refractivity contribution is 5.42. The Balaban J connectivity index is 1.63. The molecule has 0 aliphatic carbocycles. The van der Waals surface area contributed by atoms with Crippen LogP contribution in [0.15, 0.2) is 18.3 Å². The molecule has 0 amide bonds. The van der Waals surface area contributed by atoms with Gasteiger partial charge in [0.25, 0.3) is 0 Å². The van der Waals surface area contributed by atoms with Crippen molar-refractivity contribution in [3.63, 3.8) is 0 Å². The Hall–Kier alpha value is -1.54. The molecule has 5 nitrogen and oxygen atoms in total. The minimum atomic E-state index is -4.69. The number of pyridine rings is 1. The van der Waals surface area contributed by atoms with E-state index in [2.05, 4.69) is 26.4 Å². The van der Waals surface area contributed by atoms with E-state index in [9.17, 15) is 13.2 Å². The molecule has 8 heteroatoms. The molecule has 128 valence electrons. The smallest absolute Gasteiger partial charge is 0.404 e. The summed E-state index contributed by atoms with van der Waals surface area (Å²) in [5.41, 5.74) is 0. The fraction of sp³-hybridized carbons (Fsp3) is 0.667. The number of morpholine rings is 1. The lowest BCUT2D eigenvalue weighted by molar-refractivity contribution is -0.274. The first kappa shape index (κ1) is 16.3. The second-order valence-electron chi connectivity index (χ2n) is 6.00. The zero-order valence-electron chi connectivity index (χ0n) is 12.9.